The Bertz CT molecular complexity index is 784. The number of benzene rings is 2. The third-order valence-corrected chi connectivity index (χ3v) is 5.42. The molecule has 1 aliphatic rings. The molecule has 1 fully saturated rings. The molecular formula is C23H27FN2O2. The van der Waals surface area contributed by atoms with Crippen LogP contribution in [0.15, 0.2) is 54.6 Å². The third-order valence-electron chi connectivity index (χ3n) is 5.42. The summed E-state index contributed by atoms with van der Waals surface area (Å²) < 4.78 is 13.0. The molecule has 4 nitrogen and oxygen atoms in total. The van der Waals surface area contributed by atoms with Crippen LogP contribution in [-0.2, 0) is 16.0 Å². The highest BCUT2D eigenvalue weighted by atomic mass is 19.1. The van der Waals surface area contributed by atoms with E-state index in [1.165, 1.54) is 17.7 Å². The second-order valence-electron chi connectivity index (χ2n) is 7.42. The van der Waals surface area contributed by atoms with Crippen LogP contribution >= 0.6 is 0 Å². The first kappa shape index (κ1) is 20.1. The number of rotatable bonds is 6. The monoisotopic (exact) mass is 382 g/mol. The van der Waals surface area contributed by atoms with Crippen LogP contribution in [0.2, 0.25) is 0 Å². The number of halogens is 1. The third kappa shape index (κ3) is 5.41. The van der Waals surface area contributed by atoms with Crippen molar-refractivity contribution in [2.45, 2.75) is 38.6 Å². The van der Waals surface area contributed by atoms with Crippen LogP contribution in [0.3, 0.4) is 0 Å². The molecule has 2 amide bonds. The van der Waals surface area contributed by atoms with Gasteiger partial charge in [-0.15, -0.1) is 0 Å². The van der Waals surface area contributed by atoms with Gasteiger partial charge in [-0.2, -0.15) is 0 Å². The van der Waals surface area contributed by atoms with Crippen molar-refractivity contribution in [3.63, 3.8) is 0 Å². The Balaban J connectivity index is 1.43. The highest BCUT2D eigenvalue weighted by Crippen LogP contribution is 2.21. The molecule has 5 heteroatoms. The Morgan fingerprint density at radius 2 is 1.71 bits per heavy atom. The fourth-order valence-electron chi connectivity index (χ4n) is 3.61. The Hall–Kier alpha value is -2.69. The van der Waals surface area contributed by atoms with Gasteiger partial charge in [0, 0.05) is 25.4 Å². The van der Waals surface area contributed by atoms with Crippen molar-refractivity contribution in [1.29, 1.82) is 0 Å². The minimum Gasteiger partial charge on any atom is -0.349 e. The number of hydrogen-bond acceptors (Lipinski definition) is 2. The van der Waals surface area contributed by atoms with Gasteiger partial charge in [0.2, 0.25) is 11.8 Å². The number of nitrogens with one attached hydrogen (secondary N) is 1. The molecule has 2 aromatic rings. The van der Waals surface area contributed by atoms with E-state index in [1.807, 2.05) is 42.2 Å². The first-order chi connectivity index (χ1) is 13.5. The van der Waals surface area contributed by atoms with Gasteiger partial charge in [0.05, 0.1) is 6.04 Å². The fraction of sp³-hybridized carbons (Fsp3) is 0.391. The molecule has 0 spiro atoms. The van der Waals surface area contributed by atoms with E-state index in [2.05, 4.69) is 5.32 Å². The molecule has 1 N–H and O–H groups in total. The molecule has 1 atom stereocenters. The van der Waals surface area contributed by atoms with Gasteiger partial charge in [-0.05, 0) is 49.4 Å². The van der Waals surface area contributed by atoms with E-state index < -0.39 is 0 Å². The minimum absolute atomic E-state index is 0.00760. The molecule has 3 rings (SSSR count). The van der Waals surface area contributed by atoms with Crippen LogP contribution < -0.4 is 5.32 Å². The zero-order valence-corrected chi connectivity index (χ0v) is 16.2. The van der Waals surface area contributed by atoms with E-state index in [-0.39, 0.29) is 29.6 Å². The van der Waals surface area contributed by atoms with E-state index in [1.54, 1.807) is 12.1 Å². The maximum atomic E-state index is 13.0. The van der Waals surface area contributed by atoms with Crippen LogP contribution in [0.1, 0.15) is 43.4 Å². The summed E-state index contributed by atoms with van der Waals surface area (Å²) in [5.74, 6) is -0.205. The van der Waals surface area contributed by atoms with Gasteiger partial charge in [-0.1, -0.05) is 42.5 Å². The Morgan fingerprint density at radius 3 is 2.36 bits per heavy atom. The van der Waals surface area contributed by atoms with Gasteiger partial charge in [0.1, 0.15) is 5.82 Å². The second-order valence-corrected chi connectivity index (χ2v) is 7.42. The summed E-state index contributed by atoms with van der Waals surface area (Å²) in [7, 11) is 0. The predicted molar refractivity (Wildman–Crippen MR) is 107 cm³/mol. The van der Waals surface area contributed by atoms with Crippen molar-refractivity contribution < 1.29 is 14.0 Å². The predicted octanol–water partition coefficient (Wildman–Crippen LogP) is 3.87. The van der Waals surface area contributed by atoms with Gasteiger partial charge in [-0.3, -0.25) is 9.59 Å². The number of carbonyl (C=O) groups is 2. The summed E-state index contributed by atoms with van der Waals surface area (Å²) in [6.07, 6.45) is 2.61. The smallest absolute Gasteiger partial charge is 0.223 e. The summed E-state index contributed by atoms with van der Waals surface area (Å²) in [5, 5.41) is 3.01. The first-order valence-electron chi connectivity index (χ1n) is 9.90. The summed E-state index contributed by atoms with van der Waals surface area (Å²) >= 11 is 0. The number of likely N-dealkylation sites (tertiary alicyclic amines) is 1. The maximum Gasteiger partial charge on any atom is 0.223 e. The lowest BCUT2D eigenvalue weighted by Crippen LogP contribution is -2.43. The Morgan fingerprint density at radius 1 is 1.07 bits per heavy atom. The molecule has 1 saturated heterocycles. The fourth-order valence-corrected chi connectivity index (χ4v) is 3.61. The second kappa shape index (κ2) is 9.49. The summed E-state index contributed by atoms with van der Waals surface area (Å²) in [6.45, 7) is 3.14. The van der Waals surface area contributed by atoms with E-state index in [4.69, 9.17) is 0 Å². The molecule has 2 aromatic carbocycles. The topological polar surface area (TPSA) is 49.4 Å². The molecule has 1 unspecified atom stereocenters. The molecule has 0 aliphatic carbocycles. The Labute approximate surface area is 165 Å². The van der Waals surface area contributed by atoms with Gasteiger partial charge in [-0.25, -0.2) is 4.39 Å². The maximum absolute atomic E-state index is 13.0. The van der Waals surface area contributed by atoms with Crippen LogP contribution in [-0.4, -0.2) is 29.8 Å². The van der Waals surface area contributed by atoms with Crippen molar-refractivity contribution in [2.24, 2.45) is 5.92 Å². The molecule has 28 heavy (non-hydrogen) atoms. The summed E-state index contributed by atoms with van der Waals surface area (Å²) in [5.41, 5.74) is 2.04. The summed E-state index contributed by atoms with van der Waals surface area (Å²) in [6, 6.07) is 16.0. The number of aryl methyl sites for hydroxylation is 1. The molecule has 0 bridgehead atoms. The minimum atomic E-state index is -0.286. The van der Waals surface area contributed by atoms with E-state index in [9.17, 15) is 14.0 Å². The molecule has 0 aromatic heterocycles. The van der Waals surface area contributed by atoms with E-state index >= 15 is 0 Å². The van der Waals surface area contributed by atoms with Crippen molar-refractivity contribution in [3.8, 4) is 0 Å². The normalized spacial score (nSPS) is 15.9. The SMILES string of the molecule is CC(NC(=O)C1CCN(C(=O)CCc2ccccc2)CC1)c1ccc(F)cc1. The quantitative estimate of drug-likeness (QED) is 0.824. The average Bonchev–Trinajstić information content (AvgIpc) is 2.73. The highest BCUT2D eigenvalue weighted by Gasteiger charge is 2.27. The molecule has 1 heterocycles. The number of hydrogen-bond donors (Lipinski definition) is 1. The van der Waals surface area contributed by atoms with Crippen molar-refractivity contribution in [2.75, 3.05) is 13.1 Å². The van der Waals surface area contributed by atoms with Crippen LogP contribution in [0, 0.1) is 11.7 Å². The van der Waals surface area contributed by atoms with Gasteiger partial charge >= 0.3 is 0 Å². The zero-order chi connectivity index (χ0) is 19.9. The molecular weight excluding hydrogens is 355 g/mol. The van der Waals surface area contributed by atoms with Gasteiger partial charge < -0.3 is 10.2 Å². The molecule has 1 aliphatic heterocycles. The van der Waals surface area contributed by atoms with Crippen LogP contribution in [0.4, 0.5) is 4.39 Å². The first-order valence-corrected chi connectivity index (χ1v) is 9.90. The zero-order valence-electron chi connectivity index (χ0n) is 16.2. The lowest BCUT2D eigenvalue weighted by atomic mass is 9.94. The standard InChI is InChI=1S/C23H27FN2O2/c1-17(19-8-10-21(24)11-9-19)25-23(28)20-13-15-26(16-14-20)22(27)12-7-18-5-3-2-4-6-18/h2-6,8-11,17,20H,7,12-16H2,1H3,(H,25,28). The van der Waals surface area contributed by atoms with E-state index in [0.717, 1.165) is 12.0 Å². The molecule has 0 saturated carbocycles. The average molecular weight is 382 g/mol. The lowest BCUT2D eigenvalue weighted by molar-refractivity contribution is -0.135. The van der Waals surface area contributed by atoms with Crippen molar-refractivity contribution in [1.82, 2.24) is 10.2 Å². The lowest BCUT2D eigenvalue weighted by Gasteiger charge is -2.32. The summed E-state index contributed by atoms with van der Waals surface area (Å²) in [4.78, 5) is 26.9. The van der Waals surface area contributed by atoms with Crippen LogP contribution in [0.5, 0.6) is 0 Å². The number of nitrogens with zero attached hydrogens (tertiary/aromatic N) is 1. The van der Waals surface area contributed by atoms with Gasteiger partial charge in [0.15, 0.2) is 0 Å². The molecule has 148 valence electrons. The van der Waals surface area contributed by atoms with Gasteiger partial charge in [0.25, 0.3) is 0 Å². The number of amides is 2. The van der Waals surface area contributed by atoms with E-state index in [0.29, 0.717) is 32.4 Å². The molecule has 0 radical (unpaired) electrons. The van der Waals surface area contributed by atoms with Crippen molar-refractivity contribution in [3.05, 3.63) is 71.5 Å². The number of piperidine rings is 1. The van der Waals surface area contributed by atoms with Crippen LogP contribution in [0.25, 0.3) is 0 Å². The number of carbonyl (C=O) groups excluding carboxylic acids is 2. The highest BCUT2D eigenvalue weighted by molar-refractivity contribution is 5.80. The Kier molecular flexibility index (Phi) is 6.80. The largest absolute Gasteiger partial charge is 0.349 e. The van der Waals surface area contributed by atoms with Crippen molar-refractivity contribution >= 4 is 11.8 Å².